The molecule has 18 heavy (non-hydrogen) atoms. The Hall–Kier alpha value is -1.86. The molecule has 0 spiro atoms. The summed E-state index contributed by atoms with van der Waals surface area (Å²) in [4.78, 5) is 5.43. The van der Waals surface area contributed by atoms with Gasteiger partial charge in [-0.2, -0.15) is 5.26 Å². The summed E-state index contributed by atoms with van der Waals surface area (Å²) in [6.45, 7) is 2.75. The number of hydrogen-bond donors (Lipinski definition) is 0. The quantitative estimate of drug-likeness (QED) is 0.816. The molecule has 1 aromatic carbocycles. The number of rotatable bonds is 4. The lowest BCUT2D eigenvalue weighted by atomic mass is 9.92. The molecule has 1 aromatic rings. The highest BCUT2D eigenvalue weighted by Gasteiger charge is 2.30. The van der Waals surface area contributed by atoms with Crippen molar-refractivity contribution in [2.75, 3.05) is 13.7 Å². The molecule has 1 aliphatic rings. The molecule has 2 rings (SSSR count). The summed E-state index contributed by atoms with van der Waals surface area (Å²) in [6, 6.07) is 9.59. The Balaban J connectivity index is 2.13. The summed E-state index contributed by atoms with van der Waals surface area (Å²) in [7, 11) is 1.68. The van der Waals surface area contributed by atoms with Crippen LogP contribution in [0.1, 0.15) is 24.5 Å². The van der Waals surface area contributed by atoms with Gasteiger partial charge in [-0.3, -0.25) is 0 Å². The summed E-state index contributed by atoms with van der Waals surface area (Å²) in [6.07, 6.45) is 0.883. The third-order valence-corrected chi connectivity index (χ3v) is 3.17. The van der Waals surface area contributed by atoms with E-state index in [1.807, 2.05) is 18.2 Å². The molecule has 0 radical (unpaired) electrons. The number of ether oxygens (including phenoxy) is 1. The number of oxime groups is 1. The molecule has 0 saturated carbocycles. The van der Waals surface area contributed by atoms with E-state index in [4.69, 9.17) is 14.8 Å². The minimum atomic E-state index is 0.0608. The minimum absolute atomic E-state index is 0.0608. The van der Waals surface area contributed by atoms with Crippen molar-refractivity contribution in [3.8, 4) is 6.07 Å². The number of nitrogens with zero attached hydrogens (tertiary/aromatic N) is 2. The van der Waals surface area contributed by atoms with E-state index >= 15 is 0 Å². The van der Waals surface area contributed by atoms with Crippen molar-refractivity contribution < 1.29 is 9.57 Å². The van der Waals surface area contributed by atoms with E-state index in [-0.39, 0.29) is 12.0 Å². The Labute approximate surface area is 107 Å². The van der Waals surface area contributed by atoms with E-state index in [9.17, 15) is 0 Å². The van der Waals surface area contributed by atoms with Crippen molar-refractivity contribution in [3.05, 3.63) is 35.4 Å². The van der Waals surface area contributed by atoms with Crippen molar-refractivity contribution in [2.45, 2.75) is 19.4 Å². The second-order valence-electron chi connectivity index (χ2n) is 4.38. The first-order valence-corrected chi connectivity index (χ1v) is 5.99. The molecule has 0 aliphatic carbocycles. The zero-order valence-corrected chi connectivity index (χ0v) is 10.6. The average molecular weight is 244 g/mol. The van der Waals surface area contributed by atoms with Gasteiger partial charge in [-0.15, -0.1) is 0 Å². The molecule has 0 fully saturated rings. The zero-order valence-electron chi connectivity index (χ0n) is 10.6. The van der Waals surface area contributed by atoms with Gasteiger partial charge in [0.15, 0.2) is 0 Å². The van der Waals surface area contributed by atoms with Gasteiger partial charge in [-0.1, -0.05) is 24.2 Å². The molecule has 2 atom stereocenters. The molecule has 1 heterocycles. The van der Waals surface area contributed by atoms with E-state index in [0.29, 0.717) is 12.2 Å². The van der Waals surface area contributed by atoms with Crippen LogP contribution in [0.15, 0.2) is 29.4 Å². The lowest BCUT2D eigenvalue weighted by Crippen LogP contribution is -2.22. The smallest absolute Gasteiger partial charge is 0.137 e. The Morgan fingerprint density at radius 3 is 3.06 bits per heavy atom. The van der Waals surface area contributed by atoms with Crippen LogP contribution >= 0.6 is 0 Å². The highest BCUT2D eigenvalue weighted by molar-refractivity contribution is 6.03. The molecular weight excluding hydrogens is 228 g/mol. The van der Waals surface area contributed by atoms with Crippen molar-refractivity contribution >= 4 is 5.71 Å². The van der Waals surface area contributed by atoms with Crippen LogP contribution in [0.4, 0.5) is 0 Å². The van der Waals surface area contributed by atoms with Crippen molar-refractivity contribution in [1.29, 1.82) is 5.26 Å². The largest absolute Gasteiger partial charge is 0.391 e. The van der Waals surface area contributed by atoms with Gasteiger partial charge < -0.3 is 9.57 Å². The fourth-order valence-electron chi connectivity index (χ4n) is 2.08. The molecule has 0 aromatic heterocycles. The van der Waals surface area contributed by atoms with E-state index in [1.165, 1.54) is 0 Å². The topological polar surface area (TPSA) is 54.6 Å². The fraction of sp³-hybridized carbons (Fsp3) is 0.429. The van der Waals surface area contributed by atoms with Crippen LogP contribution in [0, 0.1) is 17.2 Å². The Morgan fingerprint density at radius 1 is 1.50 bits per heavy atom. The molecular formula is C14H16N2O2. The van der Waals surface area contributed by atoms with Crippen molar-refractivity contribution in [2.24, 2.45) is 11.1 Å². The minimum Gasteiger partial charge on any atom is -0.391 e. The van der Waals surface area contributed by atoms with E-state index in [1.54, 1.807) is 13.2 Å². The summed E-state index contributed by atoms with van der Waals surface area (Å²) < 4.78 is 5.06. The second kappa shape index (κ2) is 5.65. The maximum Gasteiger partial charge on any atom is 0.137 e. The third kappa shape index (κ3) is 2.52. The van der Waals surface area contributed by atoms with Gasteiger partial charge in [0.2, 0.25) is 0 Å². The van der Waals surface area contributed by atoms with Crippen LogP contribution in [0.25, 0.3) is 0 Å². The molecule has 0 bridgehead atoms. The molecule has 0 amide bonds. The molecule has 0 saturated heterocycles. The molecule has 2 unspecified atom stereocenters. The Kier molecular flexibility index (Phi) is 3.96. The van der Waals surface area contributed by atoms with Gasteiger partial charge in [0.25, 0.3) is 0 Å². The molecule has 1 aliphatic heterocycles. The second-order valence-corrected chi connectivity index (χ2v) is 4.38. The zero-order chi connectivity index (χ0) is 13.0. The molecule has 4 heteroatoms. The predicted octanol–water partition coefficient (Wildman–Crippen LogP) is 2.33. The van der Waals surface area contributed by atoms with E-state index in [2.05, 4.69) is 18.1 Å². The number of benzene rings is 1. The lowest BCUT2D eigenvalue weighted by molar-refractivity contribution is 0.0382. The maximum absolute atomic E-state index is 8.90. The van der Waals surface area contributed by atoms with Gasteiger partial charge in [-0.25, -0.2) is 0 Å². The molecule has 4 nitrogen and oxygen atoms in total. The summed E-state index contributed by atoms with van der Waals surface area (Å²) >= 11 is 0. The summed E-state index contributed by atoms with van der Waals surface area (Å²) in [5, 5.41) is 13.0. The van der Waals surface area contributed by atoms with E-state index in [0.717, 1.165) is 17.7 Å². The Morgan fingerprint density at radius 2 is 2.33 bits per heavy atom. The number of methoxy groups -OCH3 is 1. The van der Waals surface area contributed by atoms with Gasteiger partial charge in [0.05, 0.1) is 17.3 Å². The van der Waals surface area contributed by atoms with Crippen LogP contribution in [0.2, 0.25) is 0 Å². The van der Waals surface area contributed by atoms with Crippen LogP contribution < -0.4 is 0 Å². The lowest BCUT2D eigenvalue weighted by Gasteiger charge is -2.13. The van der Waals surface area contributed by atoms with Crippen LogP contribution in [-0.2, 0) is 9.57 Å². The van der Waals surface area contributed by atoms with Crippen molar-refractivity contribution in [1.82, 2.24) is 0 Å². The van der Waals surface area contributed by atoms with Gasteiger partial charge in [0, 0.05) is 31.6 Å². The average Bonchev–Trinajstić information content (AvgIpc) is 2.78. The first-order chi connectivity index (χ1) is 8.76. The molecule has 0 N–H and O–H groups in total. The fourth-order valence-corrected chi connectivity index (χ4v) is 2.08. The Bertz CT molecular complexity index is 491. The standard InChI is InChI=1S/C14H16N2O2/c1-10-13(6-7-17-2)18-16-14(10)12-5-3-4-11(8-12)9-15/h3-5,8,10,13H,6-7H2,1-2H3. The number of nitriles is 1. The summed E-state index contributed by atoms with van der Waals surface area (Å²) in [5.41, 5.74) is 2.51. The predicted molar refractivity (Wildman–Crippen MR) is 68.2 cm³/mol. The van der Waals surface area contributed by atoms with Gasteiger partial charge in [-0.05, 0) is 12.1 Å². The number of hydrogen-bond acceptors (Lipinski definition) is 4. The SMILES string of the molecule is COCCC1ON=C(c2cccc(C#N)c2)C1C. The maximum atomic E-state index is 8.90. The highest BCUT2D eigenvalue weighted by Crippen LogP contribution is 2.25. The van der Waals surface area contributed by atoms with E-state index < -0.39 is 0 Å². The normalized spacial score (nSPS) is 22.2. The highest BCUT2D eigenvalue weighted by atomic mass is 16.6. The molecule has 94 valence electrons. The van der Waals surface area contributed by atoms with Gasteiger partial charge >= 0.3 is 0 Å². The third-order valence-electron chi connectivity index (χ3n) is 3.17. The van der Waals surface area contributed by atoms with Crippen molar-refractivity contribution in [3.63, 3.8) is 0 Å². The van der Waals surface area contributed by atoms with Gasteiger partial charge in [0.1, 0.15) is 6.10 Å². The van der Waals surface area contributed by atoms with Crippen LogP contribution in [0.3, 0.4) is 0 Å². The van der Waals surface area contributed by atoms with Crippen LogP contribution in [-0.4, -0.2) is 25.5 Å². The monoisotopic (exact) mass is 244 g/mol. The first-order valence-electron chi connectivity index (χ1n) is 5.99. The first kappa shape index (κ1) is 12.6. The van der Waals surface area contributed by atoms with Crippen LogP contribution in [0.5, 0.6) is 0 Å². The summed E-state index contributed by atoms with van der Waals surface area (Å²) in [5.74, 6) is 0.217.